The first-order valence-electron chi connectivity index (χ1n) is 10.8. The van der Waals surface area contributed by atoms with Gasteiger partial charge in [-0.15, -0.1) is 0 Å². The highest BCUT2D eigenvalue weighted by molar-refractivity contribution is 8.18. The molecule has 3 amide bonds. The Morgan fingerprint density at radius 3 is 2.16 bits per heavy atom. The van der Waals surface area contributed by atoms with Gasteiger partial charge in [0.25, 0.3) is 17.1 Å². The van der Waals surface area contributed by atoms with Crippen LogP contribution in [0.25, 0.3) is 16.8 Å². The van der Waals surface area contributed by atoms with Crippen molar-refractivity contribution in [3.8, 4) is 5.75 Å². The van der Waals surface area contributed by atoms with E-state index in [-0.39, 0.29) is 28.3 Å². The first-order chi connectivity index (χ1) is 17.8. The number of imide groups is 1. The fourth-order valence-corrected chi connectivity index (χ4v) is 4.29. The Bertz CT molecular complexity index is 1450. The Labute approximate surface area is 214 Å². The number of hydrogen-bond donors (Lipinski definition) is 2. The fourth-order valence-electron chi connectivity index (χ4n) is 3.62. The van der Waals surface area contributed by atoms with Crippen LogP contribution in [-0.2, 0) is 19.1 Å². The number of carbonyl (C=O) groups excluding carboxylic acids is 5. The maximum absolute atomic E-state index is 12.6. The highest BCUT2D eigenvalue weighted by Gasteiger charge is 2.25. The second-order valence-corrected chi connectivity index (χ2v) is 8.68. The largest absolute Gasteiger partial charge is 0.483 e. The van der Waals surface area contributed by atoms with E-state index in [2.05, 4.69) is 10.6 Å². The number of anilines is 1. The molecule has 1 aliphatic rings. The second-order valence-electron chi connectivity index (χ2n) is 7.67. The van der Waals surface area contributed by atoms with Crippen molar-refractivity contribution in [1.82, 2.24) is 5.32 Å². The monoisotopic (exact) mass is 520 g/mol. The van der Waals surface area contributed by atoms with Crippen LogP contribution in [0.1, 0.15) is 26.3 Å². The van der Waals surface area contributed by atoms with Crippen LogP contribution in [0, 0.1) is 0 Å². The van der Waals surface area contributed by atoms with E-state index >= 15 is 0 Å². The number of amides is 3. The van der Waals surface area contributed by atoms with Crippen molar-refractivity contribution in [2.45, 2.75) is 0 Å². The van der Waals surface area contributed by atoms with Crippen molar-refractivity contribution < 1.29 is 38.2 Å². The molecule has 0 bridgehead atoms. The smallest absolute Gasteiger partial charge is 0.337 e. The lowest BCUT2D eigenvalue weighted by molar-refractivity contribution is -0.118. The lowest BCUT2D eigenvalue weighted by Gasteiger charge is -2.12. The van der Waals surface area contributed by atoms with Crippen LogP contribution in [0.15, 0.2) is 59.5 Å². The van der Waals surface area contributed by atoms with Crippen LogP contribution < -0.4 is 15.4 Å². The number of carbonyl (C=O) groups is 5. The summed E-state index contributed by atoms with van der Waals surface area (Å²) in [5.41, 5.74) is 1.02. The van der Waals surface area contributed by atoms with Crippen molar-refractivity contribution in [3.05, 3.63) is 76.2 Å². The molecule has 0 atom stereocenters. The van der Waals surface area contributed by atoms with Crippen molar-refractivity contribution in [2.75, 3.05) is 26.1 Å². The van der Waals surface area contributed by atoms with Crippen LogP contribution in [-0.4, -0.2) is 49.8 Å². The summed E-state index contributed by atoms with van der Waals surface area (Å²) >= 11 is 0.824. The summed E-state index contributed by atoms with van der Waals surface area (Å²) in [7, 11) is 2.40. The van der Waals surface area contributed by atoms with Crippen LogP contribution in [0.5, 0.6) is 5.75 Å². The average Bonchev–Trinajstić information content (AvgIpc) is 3.22. The summed E-state index contributed by atoms with van der Waals surface area (Å²) in [4.78, 5) is 60.2. The molecular weight excluding hydrogens is 500 g/mol. The number of fused-ring (bicyclic) bond motifs is 1. The van der Waals surface area contributed by atoms with Gasteiger partial charge in [0.05, 0.1) is 30.3 Å². The van der Waals surface area contributed by atoms with E-state index < -0.39 is 29.0 Å². The molecule has 1 saturated heterocycles. The van der Waals surface area contributed by atoms with Gasteiger partial charge in [-0.2, -0.15) is 0 Å². The number of esters is 2. The Hall–Kier alpha value is -4.64. The molecule has 0 aliphatic carbocycles. The molecule has 0 spiro atoms. The number of rotatable bonds is 7. The van der Waals surface area contributed by atoms with Gasteiger partial charge in [-0.25, -0.2) is 9.59 Å². The van der Waals surface area contributed by atoms with E-state index in [1.807, 2.05) is 12.1 Å². The lowest BCUT2D eigenvalue weighted by Crippen LogP contribution is -2.21. The van der Waals surface area contributed by atoms with Gasteiger partial charge in [0.2, 0.25) is 0 Å². The molecule has 1 heterocycles. The van der Waals surface area contributed by atoms with Crippen LogP contribution in [0.2, 0.25) is 0 Å². The molecule has 3 aromatic carbocycles. The van der Waals surface area contributed by atoms with Gasteiger partial charge in [-0.1, -0.05) is 30.3 Å². The van der Waals surface area contributed by atoms with Crippen LogP contribution in [0.4, 0.5) is 10.5 Å². The van der Waals surface area contributed by atoms with Gasteiger partial charge in [0, 0.05) is 11.1 Å². The summed E-state index contributed by atoms with van der Waals surface area (Å²) in [6.07, 6.45) is 1.62. The molecule has 0 radical (unpaired) electrons. The molecule has 37 heavy (non-hydrogen) atoms. The number of ether oxygens (including phenoxy) is 3. The summed E-state index contributed by atoms with van der Waals surface area (Å²) in [5.74, 6) is -1.94. The van der Waals surface area contributed by atoms with Crippen LogP contribution >= 0.6 is 11.8 Å². The third-order valence-corrected chi connectivity index (χ3v) is 6.07. The molecule has 188 valence electrons. The molecule has 0 aromatic heterocycles. The van der Waals surface area contributed by atoms with Gasteiger partial charge >= 0.3 is 11.9 Å². The third kappa shape index (κ3) is 5.78. The molecule has 1 fully saturated rings. The van der Waals surface area contributed by atoms with Crippen molar-refractivity contribution in [3.63, 3.8) is 0 Å². The first kappa shape index (κ1) is 25.5. The standard InChI is InChI=1S/C26H20N2O8S/c1-34-24(31)15-9-16(25(32)35-2)11-17(10-15)27-22(29)13-36-20-8-7-14(18-5-3-4-6-19(18)20)12-21-23(30)28-26(33)37-21/h3-12H,13H2,1-2H3,(H,27,29)(H,28,30,33). The molecule has 0 unspecified atom stereocenters. The van der Waals surface area contributed by atoms with E-state index in [4.69, 9.17) is 14.2 Å². The van der Waals surface area contributed by atoms with Gasteiger partial charge in [-0.3, -0.25) is 19.7 Å². The maximum Gasteiger partial charge on any atom is 0.337 e. The minimum absolute atomic E-state index is 0.0631. The van der Waals surface area contributed by atoms with E-state index in [1.54, 1.807) is 30.3 Å². The quantitative estimate of drug-likeness (QED) is 0.352. The normalized spacial score (nSPS) is 13.8. The summed E-state index contributed by atoms with van der Waals surface area (Å²) < 4.78 is 15.2. The first-order valence-corrected chi connectivity index (χ1v) is 11.6. The van der Waals surface area contributed by atoms with Crippen molar-refractivity contribution in [1.29, 1.82) is 0 Å². The van der Waals surface area contributed by atoms with E-state index in [0.717, 1.165) is 17.1 Å². The molecule has 0 saturated carbocycles. The average molecular weight is 521 g/mol. The predicted molar refractivity (Wildman–Crippen MR) is 136 cm³/mol. The maximum atomic E-state index is 12.6. The fraction of sp³-hybridized carbons (Fsp3) is 0.115. The third-order valence-electron chi connectivity index (χ3n) is 5.26. The Morgan fingerprint density at radius 1 is 0.919 bits per heavy atom. The zero-order valence-electron chi connectivity index (χ0n) is 19.7. The molecule has 1 aliphatic heterocycles. The number of methoxy groups -OCH3 is 2. The van der Waals surface area contributed by atoms with Gasteiger partial charge in [-0.05, 0) is 53.1 Å². The Morgan fingerprint density at radius 2 is 1.57 bits per heavy atom. The topological polar surface area (TPSA) is 137 Å². The summed E-state index contributed by atoms with van der Waals surface area (Å²) in [6, 6.07) is 14.7. The van der Waals surface area contributed by atoms with E-state index in [9.17, 15) is 24.0 Å². The Balaban J connectivity index is 1.53. The SMILES string of the molecule is COC(=O)c1cc(NC(=O)COc2ccc(C=C3SC(=O)NC3=O)c3ccccc23)cc(C(=O)OC)c1. The van der Waals surface area contributed by atoms with Gasteiger partial charge in [0.1, 0.15) is 5.75 Å². The summed E-state index contributed by atoms with van der Waals surface area (Å²) in [5, 5.41) is 5.85. The molecule has 4 rings (SSSR count). The van der Waals surface area contributed by atoms with E-state index in [1.165, 1.54) is 32.4 Å². The van der Waals surface area contributed by atoms with Gasteiger partial charge in [0.15, 0.2) is 6.61 Å². The minimum atomic E-state index is -0.683. The summed E-state index contributed by atoms with van der Waals surface area (Å²) in [6.45, 7) is -0.368. The zero-order chi connectivity index (χ0) is 26.5. The molecule has 10 nitrogen and oxygen atoms in total. The number of benzene rings is 3. The highest BCUT2D eigenvalue weighted by Crippen LogP contribution is 2.32. The second kappa shape index (κ2) is 11.0. The lowest BCUT2D eigenvalue weighted by atomic mass is 10.0. The molecule has 2 N–H and O–H groups in total. The molecule has 3 aromatic rings. The number of hydrogen-bond acceptors (Lipinski definition) is 9. The highest BCUT2D eigenvalue weighted by atomic mass is 32.2. The Kier molecular flexibility index (Phi) is 7.54. The van der Waals surface area contributed by atoms with Crippen molar-refractivity contribution in [2.24, 2.45) is 0 Å². The zero-order valence-corrected chi connectivity index (χ0v) is 20.5. The van der Waals surface area contributed by atoms with Crippen molar-refractivity contribution >= 4 is 63.3 Å². The predicted octanol–water partition coefficient (Wildman–Crippen LogP) is 3.75. The number of nitrogens with one attached hydrogen (secondary N) is 2. The molecule has 11 heteroatoms. The van der Waals surface area contributed by atoms with Gasteiger partial charge < -0.3 is 19.5 Å². The minimum Gasteiger partial charge on any atom is -0.483 e. The molecular formula is C26H20N2O8S. The number of thioether (sulfide) groups is 1. The van der Waals surface area contributed by atoms with E-state index in [0.29, 0.717) is 16.7 Å². The van der Waals surface area contributed by atoms with Crippen LogP contribution in [0.3, 0.4) is 0 Å².